The Morgan fingerprint density at radius 3 is 2.25 bits per heavy atom. The highest BCUT2D eigenvalue weighted by Crippen LogP contribution is 2.23. The van der Waals surface area contributed by atoms with E-state index in [1.165, 1.54) is 5.56 Å². The van der Waals surface area contributed by atoms with Gasteiger partial charge in [0.15, 0.2) is 0 Å². The molecule has 0 saturated heterocycles. The van der Waals surface area contributed by atoms with Gasteiger partial charge in [0, 0.05) is 11.8 Å². The van der Waals surface area contributed by atoms with Crippen LogP contribution in [0.2, 0.25) is 0 Å². The molecule has 0 aromatic heterocycles. The van der Waals surface area contributed by atoms with Gasteiger partial charge in [-0.25, -0.2) is 0 Å². The van der Waals surface area contributed by atoms with E-state index >= 15 is 0 Å². The number of methoxy groups -OCH3 is 1. The molecule has 0 bridgehead atoms. The number of aryl methyl sites for hydroxylation is 1. The lowest BCUT2D eigenvalue weighted by Crippen LogP contribution is -2.40. The van der Waals surface area contributed by atoms with Crippen LogP contribution in [-0.2, 0) is 4.79 Å². The minimum absolute atomic E-state index is 0.0761. The Morgan fingerprint density at radius 2 is 1.57 bits per heavy atom. The summed E-state index contributed by atoms with van der Waals surface area (Å²) in [4.78, 5) is 12.7. The fourth-order valence-corrected chi connectivity index (χ4v) is 3.07. The number of carbonyl (C=O) groups is 1. The maximum Gasteiger partial charge on any atom is 0.241 e. The third kappa shape index (κ3) is 4.99. The van der Waals surface area contributed by atoms with Gasteiger partial charge in [0.1, 0.15) is 5.75 Å². The fourth-order valence-electron chi connectivity index (χ4n) is 3.07. The van der Waals surface area contributed by atoms with Crippen LogP contribution in [0.5, 0.6) is 5.75 Å². The summed E-state index contributed by atoms with van der Waals surface area (Å²) in [5.41, 5.74) is 4.16. The van der Waals surface area contributed by atoms with Gasteiger partial charge in [-0.1, -0.05) is 66.2 Å². The summed E-state index contributed by atoms with van der Waals surface area (Å²) in [6, 6.07) is 25.4. The largest absolute Gasteiger partial charge is 0.497 e. The molecule has 3 aromatic carbocycles. The lowest BCUT2D eigenvalue weighted by Gasteiger charge is -2.24. The maximum absolute atomic E-state index is 12.7. The highest BCUT2D eigenvalue weighted by atomic mass is 16.5. The molecule has 0 saturated carbocycles. The highest BCUT2D eigenvalue weighted by molar-refractivity contribution is 5.94. The molecule has 4 heteroatoms. The number of hydrogen-bond donors (Lipinski definition) is 2. The lowest BCUT2D eigenvalue weighted by atomic mass is 9.97. The molecule has 4 nitrogen and oxygen atoms in total. The molecule has 0 radical (unpaired) electrons. The van der Waals surface area contributed by atoms with Gasteiger partial charge < -0.3 is 10.1 Å². The molecule has 2 atom stereocenters. The maximum atomic E-state index is 12.7. The second-order valence-corrected chi connectivity index (χ2v) is 6.86. The molecule has 0 aliphatic carbocycles. The standard InChI is InChI=1S/C24H26N2O2/c1-17-12-14-20(15-13-17)23(19-8-5-4-6-9-19)25-18(2)24(27)26-21-10-7-11-22(16-21)28-3/h4-16,18,23,25H,1-3H3,(H,26,27)/t18-,23-/m0/s1. The normalized spacial score (nSPS) is 12.8. The van der Waals surface area contributed by atoms with E-state index in [0.717, 1.165) is 11.1 Å². The first-order valence-electron chi connectivity index (χ1n) is 9.39. The Balaban J connectivity index is 1.77. The van der Waals surface area contributed by atoms with Gasteiger partial charge in [-0.05, 0) is 37.1 Å². The van der Waals surface area contributed by atoms with Crippen molar-refractivity contribution < 1.29 is 9.53 Å². The lowest BCUT2D eigenvalue weighted by molar-refractivity contribution is -0.117. The third-order valence-corrected chi connectivity index (χ3v) is 4.69. The minimum Gasteiger partial charge on any atom is -0.497 e. The Morgan fingerprint density at radius 1 is 0.893 bits per heavy atom. The Bertz CT molecular complexity index is 907. The van der Waals surface area contributed by atoms with Gasteiger partial charge in [-0.3, -0.25) is 10.1 Å². The van der Waals surface area contributed by atoms with Gasteiger partial charge >= 0.3 is 0 Å². The van der Waals surface area contributed by atoms with Crippen LogP contribution in [0.4, 0.5) is 5.69 Å². The monoisotopic (exact) mass is 374 g/mol. The van der Waals surface area contributed by atoms with Crippen LogP contribution in [0.25, 0.3) is 0 Å². The van der Waals surface area contributed by atoms with Crippen LogP contribution < -0.4 is 15.4 Å². The molecule has 144 valence electrons. The number of benzene rings is 3. The predicted octanol–water partition coefficient (Wildman–Crippen LogP) is 4.71. The molecule has 0 heterocycles. The average molecular weight is 374 g/mol. The number of hydrogen-bond acceptors (Lipinski definition) is 3. The van der Waals surface area contributed by atoms with Crippen molar-refractivity contribution in [3.05, 3.63) is 95.6 Å². The molecular weight excluding hydrogens is 348 g/mol. The predicted molar refractivity (Wildman–Crippen MR) is 114 cm³/mol. The quantitative estimate of drug-likeness (QED) is 0.630. The van der Waals surface area contributed by atoms with E-state index in [0.29, 0.717) is 11.4 Å². The second-order valence-electron chi connectivity index (χ2n) is 6.86. The highest BCUT2D eigenvalue weighted by Gasteiger charge is 2.21. The Labute approximate surface area is 166 Å². The molecule has 3 aromatic rings. The van der Waals surface area contributed by atoms with Crippen molar-refractivity contribution in [2.24, 2.45) is 0 Å². The number of anilines is 1. The van der Waals surface area contributed by atoms with Crippen molar-refractivity contribution in [2.75, 3.05) is 12.4 Å². The van der Waals surface area contributed by atoms with E-state index in [1.807, 2.05) is 43.3 Å². The van der Waals surface area contributed by atoms with Crippen LogP contribution in [0, 0.1) is 6.92 Å². The Kier molecular flexibility index (Phi) is 6.45. The van der Waals surface area contributed by atoms with E-state index in [9.17, 15) is 4.79 Å². The molecule has 28 heavy (non-hydrogen) atoms. The van der Waals surface area contributed by atoms with Crippen LogP contribution in [-0.4, -0.2) is 19.1 Å². The molecular formula is C24H26N2O2. The Hall–Kier alpha value is -3.11. The van der Waals surface area contributed by atoms with Gasteiger partial charge in [0.05, 0.1) is 19.2 Å². The molecule has 0 unspecified atom stereocenters. The van der Waals surface area contributed by atoms with Gasteiger partial charge in [0.25, 0.3) is 0 Å². The molecule has 0 aliphatic rings. The first-order valence-corrected chi connectivity index (χ1v) is 9.39. The van der Waals surface area contributed by atoms with Crippen molar-refractivity contribution in [3.63, 3.8) is 0 Å². The van der Waals surface area contributed by atoms with Crippen molar-refractivity contribution in [2.45, 2.75) is 25.9 Å². The van der Waals surface area contributed by atoms with Crippen LogP contribution in [0.3, 0.4) is 0 Å². The number of rotatable bonds is 7. The van der Waals surface area contributed by atoms with Gasteiger partial charge in [0.2, 0.25) is 5.91 Å². The minimum atomic E-state index is -0.391. The van der Waals surface area contributed by atoms with Gasteiger partial charge in [-0.2, -0.15) is 0 Å². The number of carbonyl (C=O) groups excluding carboxylic acids is 1. The first-order chi connectivity index (χ1) is 13.6. The van der Waals surface area contributed by atoms with E-state index in [-0.39, 0.29) is 11.9 Å². The van der Waals surface area contributed by atoms with Crippen LogP contribution in [0.1, 0.15) is 29.7 Å². The van der Waals surface area contributed by atoms with E-state index in [4.69, 9.17) is 4.74 Å². The second kappa shape index (κ2) is 9.20. The molecule has 2 N–H and O–H groups in total. The van der Waals surface area contributed by atoms with E-state index in [1.54, 1.807) is 13.2 Å². The van der Waals surface area contributed by atoms with E-state index in [2.05, 4.69) is 54.0 Å². The average Bonchev–Trinajstić information content (AvgIpc) is 2.73. The van der Waals surface area contributed by atoms with Crippen LogP contribution >= 0.6 is 0 Å². The summed E-state index contributed by atoms with van der Waals surface area (Å²) in [7, 11) is 1.61. The molecule has 0 fully saturated rings. The summed E-state index contributed by atoms with van der Waals surface area (Å²) < 4.78 is 5.22. The SMILES string of the molecule is COc1cccc(NC(=O)[C@H](C)N[C@@H](c2ccccc2)c2ccc(C)cc2)c1. The molecule has 3 rings (SSSR count). The zero-order valence-corrected chi connectivity index (χ0v) is 16.5. The molecule has 0 spiro atoms. The first kappa shape index (κ1) is 19.6. The molecule has 1 amide bonds. The summed E-state index contributed by atoms with van der Waals surface area (Å²) in [5.74, 6) is 0.613. The van der Waals surface area contributed by atoms with Crippen molar-refractivity contribution in [1.29, 1.82) is 0 Å². The summed E-state index contributed by atoms with van der Waals surface area (Å²) in [6.45, 7) is 3.94. The molecule has 0 aliphatic heterocycles. The van der Waals surface area contributed by atoms with Crippen molar-refractivity contribution in [1.82, 2.24) is 5.32 Å². The zero-order chi connectivity index (χ0) is 19.9. The van der Waals surface area contributed by atoms with Crippen molar-refractivity contribution in [3.8, 4) is 5.75 Å². The number of nitrogens with one attached hydrogen (secondary N) is 2. The number of amides is 1. The summed E-state index contributed by atoms with van der Waals surface area (Å²) >= 11 is 0. The van der Waals surface area contributed by atoms with E-state index < -0.39 is 6.04 Å². The summed E-state index contributed by atoms with van der Waals surface area (Å²) in [6.07, 6.45) is 0. The third-order valence-electron chi connectivity index (χ3n) is 4.69. The smallest absolute Gasteiger partial charge is 0.241 e. The number of ether oxygens (including phenoxy) is 1. The fraction of sp³-hybridized carbons (Fsp3) is 0.208. The van der Waals surface area contributed by atoms with Gasteiger partial charge in [-0.15, -0.1) is 0 Å². The zero-order valence-electron chi connectivity index (χ0n) is 16.5. The topological polar surface area (TPSA) is 50.4 Å². The van der Waals surface area contributed by atoms with Crippen LogP contribution in [0.15, 0.2) is 78.9 Å². The van der Waals surface area contributed by atoms with Crippen molar-refractivity contribution >= 4 is 11.6 Å². The summed E-state index contributed by atoms with van der Waals surface area (Å²) in [5, 5.41) is 6.43.